The van der Waals surface area contributed by atoms with Crippen LogP contribution < -0.4 is 5.73 Å². The van der Waals surface area contributed by atoms with Gasteiger partial charge in [0.25, 0.3) is 0 Å². The second-order valence-corrected chi connectivity index (χ2v) is 1.32. The molecule has 0 aromatic rings. The quantitative estimate of drug-likeness (QED) is 0.548. The molecule has 0 aliphatic heterocycles. The van der Waals surface area contributed by atoms with Crippen molar-refractivity contribution in [1.82, 2.24) is 0 Å². The lowest BCUT2D eigenvalue weighted by molar-refractivity contribution is -0.0953. The molecule has 9 heavy (non-hydrogen) atoms. The standard InChI is InChI=1S/C5H12O2.CH5N/c1-3-5(6)7-4-2;1-2/h5-6H,3-4H2,1-2H3;2H2,1H3. The second kappa shape index (κ2) is 10.8. The molecule has 0 bridgehead atoms. The number of hydrogen-bond donors (Lipinski definition) is 2. The second-order valence-electron chi connectivity index (χ2n) is 1.32. The van der Waals surface area contributed by atoms with Crippen LogP contribution in [0, 0.1) is 0 Å². The van der Waals surface area contributed by atoms with Crippen LogP contribution in [0.15, 0.2) is 0 Å². The minimum absolute atomic E-state index is 0.551. The number of rotatable bonds is 3. The third-order valence-corrected chi connectivity index (χ3v) is 0.708. The van der Waals surface area contributed by atoms with Gasteiger partial charge in [-0.3, -0.25) is 0 Å². The predicted octanol–water partition coefficient (Wildman–Crippen LogP) is 0.326. The van der Waals surface area contributed by atoms with E-state index in [1.54, 1.807) is 0 Å². The van der Waals surface area contributed by atoms with Gasteiger partial charge in [0.05, 0.1) is 0 Å². The summed E-state index contributed by atoms with van der Waals surface area (Å²) < 4.78 is 4.75. The van der Waals surface area contributed by atoms with Gasteiger partial charge in [0.2, 0.25) is 0 Å². The predicted molar refractivity (Wildman–Crippen MR) is 38.0 cm³/mol. The van der Waals surface area contributed by atoms with Crippen LogP contribution >= 0.6 is 0 Å². The summed E-state index contributed by atoms with van der Waals surface area (Å²) in [5.41, 5.74) is 4.50. The summed E-state index contributed by atoms with van der Waals surface area (Å²) >= 11 is 0. The molecular formula is C6H17NO2. The Morgan fingerprint density at radius 3 is 2.00 bits per heavy atom. The van der Waals surface area contributed by atoms with Crippen molar-refractivity contribution in [2.45, 2.75) is 26.6 Å². The molecule has 0 saturated heterocycles. The first-order chi connectivity index (χ1) is 4.31. The summed E-state index contributed by atoms with van der Waals surface area (Å²) in [6.45, 7) is 4.33. The van der Waals surface area contributed by atoms with E-state index in [1.165, 1.54) is 7.05 Å². The zero-order valence-corrected chi connectivity index (χ0v) is 6.42. The molecule has 1 atom stereocenters. The fourth-order valence-corrected chi connectivity index (χ4v) is 0.310. The van der Waals surface area contributed by atoms with Crippen LogP contribution in [0.4, 0.5) is 0 Å². The van der Waals surface area contributed by atoms with Gasteiger partial charge in [0.1, 0.15) is 0 Å². The van der Waals surface area contributed by atoms with Crippen molar-refractivity contribution in [2.75, 3.05) is 13.7 Å². The van der Waals surface area contributed by atoms with E-state index in [0.717, 1.165) is 0 Å². The van der Waals surface area contributed by atoms with Gasteiger partial charge in [-0.2, -0.15) is 0 Å². The Hall–Kier alpha value is -0.120. The molecule has 0 radical (unpaired) electrons. The number of nitrogens with two attached hydrogens (primary N) is 1. The first-order valence-corrected chi connectivity index (χ1v) is 3.18. The van der Waals surface area contributed by atoms with Crippen LogP contribution in [0.1, 0.15) is 20.3 Å². The van der Waals surface area contributed by atoms with E-state index in [9.17, 15) is 0 Å². The Balaban J connectivity index is 0. The molecule has 0 rings (SSSR count). The molecular weight excluding hydrogens is 118 g/mol. The Labute approximate surface area is 56.8 Å². The Kier molecular flexibility index (Phi) is 14.0. The first-order valence-electron chi connectivity index (χ1n) is 3.18. The molecule has 0 heterocycles. The van der Waals surface area contributed by atoms with E-state index in [1.807, 2.05) is 13.8 Å². The van der Waals surface area contributed by atoms with Crippen LogP contribution in [-0.4, -0.2) is 25.1 Å². The van der Waals surface area contributed by atoms with Gasteiger partial charge in [-0.05, 0) is 20.4 Å². The molecule has 3 nitrogen and oxygen atoms in total. The summed E-state index contributed by atoms with van der Waals surface area (Å²) in [4.78, 5) is 0. The number of ether oxygens (including phenoxy) is 1. The topological polar surface area (TPSA) is 55.5 Å². The van der Waals surface area contributed by atoms with Gasteiger partial charge < -0.3 is 15.6 Å². The average Bonchev–Trinajstić information content (AvgIpc) is 1.93. The summed E-state index contributed by atoms with van der Waals surface area (Å²) in [7, 11) is 1.50. The zero-order valence-electron chi connectivity index (χ0n) is 6.42. The van der Waals surface area contributed by atoms with Crippen LogP contribution in [0.5, 0.6) is 0 Å². The molecule has 58 valence electrons. The maximum atomic E-state index is 8.64. The largest absolute Gasteiger partial charge is 0.368 e. The van der Waals surface area contributed by atoms with Crippen molar-refractivity contribution in [3.63, 3.8) is 0 Å². The smallest absolute Gasteiger partial charge is 0.154 e. The van der Waals surface area contributed by atoms with Crippen LogP contribution in [0.25, 0.3) is 0 Å². The third-order valence-electron chi connectivity index (χ3n) is 0.708. The van der Waals surface area contributed by atoms with Crippen LogP contribution in [0.2, 0.25) is 0 Å². The Morgan fingerprint density at radius 1 is 1.44 bits per heavy atom. The van der Waals surface area contributed by atoms with Gasteiger partial charge >= 0.3 is 0 Å². The van der Waals surface area contributed by atoms with Crippen molar-refractivity contribution in [2.24, 2.45) is 5.73 Å². The summed E-state index contributed by atoms with van der Waals surface area (Å²) in [6.07, 6.45) is 0.124. The van der Waals surface area contributed by atoms with E-state index in [2.05, 4.69) is 5.73 Å². The lowest BCUT2D eigenvalue weighted by atomic mass is 10.5. The fraction of sp³-hybridized carbons (Fsp3) is 1.00. The normalized spacial score (nSPS) is 11.7. The Morgan fingerprint density at radius 2 is 1.89 bits per heavy atom. The van der Waals surface area contributed by atoms with Gasteiger partial charge in [0, 0.05) is 6.61 Å². The molecule has 1 unspecified atom stereocenters. The van der Waals surface area contributed by atoms with Crippen molar-refractivity contribution in [3.05, 3.63) is 0 Å². The molecule has 0 saturated carbocycles. The Bertz CT molecular complexity index is 42.0. The molecule has 0 fully saturated rings. The minimum Gasteiger partial charge on any atom is -0.368 e. The maximum Gasteiger partial charge on any atom is 0.154 e. The SMILES string of the molecule is CCOC(O)CC.CN. The highest BCUT2D eigenvalue weighted by atomic mass is 16.6. The molecule has 0 spiro atoms. The van der Waals surface area contributed by atoms with E-state index in [-0.39, 0.29) is 0 Å². The lowest BCUT2D eigenvalue weighted by Crippen LogP contribution is -2.08. The summed E-state index contributed by atoms with van der Waals surface area (Å²) in [5.74, 6) is 0. The highest BCUT2D eigenvalue weighted by Gasteiger charge is 1.93. The molecule has 0 aliphatic carbocycles. The lowest BCUT2D eigenvalue weighted by Gasteiger charge is -2.04. The third kappa shape index (κ3) is 11.4. The van der Waals surface area contributed by atoms with Crippen molar-refractivity contribution in [3.8, 4) is 0 Å². The molecule has 0 aromatic carbocycles. The molecule has 3 heteroatoms. The van der Waals surface area contributed by atoms with Crippen molar-refractivity contribution >= 4 is 0 Å². The van der Waals surface area contributed by atoms with Gasteiger partial charge in [-0.1, -0.05) is 6.92 Å². The average molecular weight is 135 g/mol. The molecule has 3 N–H and O–H groups in total. The maximum absolute atomic E-state index is 8.64. The van der Waals surface area contributed by atoms with Gasteiger partial charge in [-0.25, -0.2) is 0 Å². The van der Waals surface area contributed by atoms with Crippen LogP contribution in [-0.2, 0) is 4.74 Å². The van der Waals surface area contributed by atoms with Gasteiger partial charge in [-0.15, -0.1) is 0 Å². The van der Waals surface area contributed by atoms with E-state index in [0.29, 0.717) is 13.0 Å². The number of aliphatic hydroxyl groups is 1. The van der Waals surface area contributed by atoms with E-state index < -0.39 is 6.29 Å². The van der Waals surface area contributed by atoms with Crippen molar-refractivity contribution < 1.29 is 9.84 Å². The molecule has 0 aliphatic rings. The zero-order chi connectivity index (χ0) is 7.70. The molecule has 0 aromatic heterocycles. The number of hydrogen-bond acceptors (Lipinski definition) is 3. The fourth-order valence-electron chi connectivity index (χ4n) is 0.310. The summed E-state index contributed by atoms with van der Waals surface area (Å²) in [5, 5.41) is 8.64. The molecule has 0 amide bonds. The first kappa shape index (κ1) is 11.6. The summed E-state index contributed by atoms with van der Waals surface area (Å²) in [6, 6.07) is 0. The number of aliphatic hydroxyl groups excluding tert-OH is 1. The highest BCUT2D eigenvalue weighted by Crippen LogP contribution is 1.89. The minimum atomic E-state index is -0.551. The van der Waals surface area contributed by atoms with Crippen LogP contribution in [0.3, 0.4) is 0 Å². The van der Waals surface area contributed by atoms with Crippen molar-refractivity contribution in [1.29, 1.82) is 0 Å². The van der Waals surface area contributed by atoms with Gasteiger partial charge in [0.15, 0.2) is 6.29 Å². The highest BCUT2D eigenvalue weighted by molar-refractivity contribution is 4.29. The van der Waals surface area contributed by atoms with E-state index in [4.69, 9.17) is 9.84 Å². The van der Waals surface area contributed by atoms with E-state index >= 15 is 0 Å². The monoisotopic (exact) mass is 135 g/mol.